The molecule has 0 atom stereocenters. The molecule has 1 saturated heterocycles. The third kappa shape index (κ3) is 6.44. The molecule has 1 aliphatic heterocycles. The number of amides is 1. The zero-order chi connectivity index (χ0) is 27.9. The predicted molar refractivity (Wildman–Crippen MR) is 152 cm³/mol. The number of nitro groups is 1. The molecule has 1 heterocycles. The molecule has 2 aromatic rings. The molecule has 0 unspecified atom stereocenters. The van der Waals surface area contributed by atoms with Gasteiger partial charge in [0.05, 0.1) is 21.2 Å². The number of sulfonamides is 1. The predicted octanol–water partition coefficient (Wildman–Crippen LogP) is 5.10. The normalized spacial score (nSPS) is 14.3. The second kappa shape index (κ2) is 13.1. The number of rotatable bonds is 11. The van der Waals surface area contributed by atoms with Gasteiger partial charge in [0.1, 0.15) is 5.69 Å². The molecule has 38 heavy (non-hydrogen) atoms. The Labute approximate surface area is 225 Å². The van der Waals surface area contributed by atoms with Gasteiger partial charge in [-0.3, -0.25) is 14.9 Å². The molecular formula is C27H39N5O5S. The fourth-order valence-corrected chi connectivity index (χ4v) is 6.40. The van der Waals surface area contributed by atoms with Crippen molar-refractivity contribution >= 4 is 38.7 Å². The molecule has 1 aliphatic rings. The number of hydrogen-bond donors (Lipinski definition) is 1. The summed E-state index contributed by atoms with van der Waals surface area (Å²) in [7, 11) is -3.75. The highest BCUT2D eigenvalue weighted by atomic mass is 32.2. The molecule has 3 rings (SSSR count). The van der Waals surface area contributed by atoms with Gasteiger partial charge in [-0.2, -0.15) is 4.31 Å². The summed E-state index contributed by atoms with van der Waals surface area (Å²) in [4.78, 5) is 29.0. The highest BCUT2D eigenvalue weighted by Crippen LogP contribution is 2.33. The Morgan fingerprint density at radius 1 is 0.947 bits per heavy atom. The van der Waals surface area contributed by atoms with Gasteiger partial charge in [0, 0.05) is 50.9 Å². The minimum Gasteiger partial charge on any atom is -0.370 e. The number of nitrogens with one attached hydrogen (secondary N) is 1. The molecule has 0 spiro atoms. The molecule has 0 radical (unpaired) electrons. The molecule has 0 saturated carbocycles. The summed E-state index contributed by atoms with van der Waals surface area (Å²) < 4.78 is 27.7. The topological polar surface area (TPSA) is 116 Å². The minimum atomic E-state index is -3.75. The van der Waals surface area contributed by atoms with Crippen LogP contribution in [0.15, 0.2) is 41.3 Å². The number of anilines is 3. The molecule has 10 nitrogen and oxygen atoms in total. The van der Waals surface area contributed by atoms with Crippen LogP contribution in [0.2, 0.25) is 0 Å². The SMILES string of the molecule is CCN(CC)c1ccc(S(=O)(=O)N(CC)CC)cc1NC(=O)c1ccc(N2CCCCCC2)c([N+](=O)[O-])c1. The lowest BCUT2D eigenvalue weighted by Crippen LogP contribution is -2.31. The Balaban J connectivity index is 2.00. The lowest BCUT2D eigenvalue weighted by molar-refractivity contribution is -0.384. The van der Waals surface area contributed by atoms with Gasteiger partial charge < -0.3 is 15.1 Å². The smallest absolute Gasteiger partial charge is 0.293 e. The molecule has 1 N–H and O–H groups in total. The van der Waals surface area contributed by atoms with E-state index >= 15 is 0 Å². The fraction of sp³-hybridized carbons (Fsp3) is 0.519. The van der Waals surface area contributed by atoms with Gasteiger partial charge in [-0.1, -0.05) is 26.7 Å². The van der Waals surface area contributed by atoms with Crippen molar-refractivity contribution in [3.63, 3.8) is 0 Å². The summed E-state index contributed by atoms with van der Waals surface area (Å²) in [5.74, 6) is -0.540. The quantitative estimate of drug-likeness (QED) is 0.308. The first-order chi connectivity index (χ1) is 18.2. The van der Waals surface area contributed by atoms with E-state index in [1.807, 2.05) is 23.6 Å². The first kappa shape index (κ1) is 29.4. The van der Waals surface area contributed by atoms with E-state index in [4.69, 9.17) is 0 Å². The fourth-order valence-electron chi connectivity index (χ4n) is 4.91. The van der Waals surface area contributed by atoms with Crippen molar-refractivity contribution in [3.8, 4) is 0 Å². The lowest BCUT2D eigenvalue weighted by atomic mass is 10.1. The average Bonchev–Trinajstić information content (AvgIpc) is 3.20. The third-order valence-corrected chi connectivity index (χ3v) is 9.09. The molecule has 208 valence electrons. The van der Waals surface area contributed by atoms with Crippen LogP contribution in [0.3, 0.4) is 0 Å². The molecule has 1 fully saturated rings. The average molecular weight is 546 g/mol. The minimum absolute atomic E-state index is 0.0786. The maximum atomic E-state index is 13.4. The van der Waals surface area contributed by atoms with Gasteiger partial charge in [0.2, 0.25) is 10.0 Å². The zero-order valence-electron chi connectivity index (χ0n) is 22.8. The molecule has 0 aromatic heterocycles. The Morgan fingerprint density at radius 3 is 2.13 bits per heavy atom. The number of hydrogen-bond acceptors (Lipinski definition) is 7. The number of carbonyl (C=O) groups is 1. The maximum Gasteiger partial charge on any atom is 0.293 e. The Bertz CT molecular complexity index is 1230. The maximum absolute atomic E-state index is 13.4. The molecule has 2 aromatic carbocycles. The summed E-state index contributed by atoms with van der Waals surface area (Å²) >= 11 is 0. The highest BCUT2D eigenvalue weighted by molar-refractivity contribution is 7.89. The van der Waals surface area contributed by atoms with E-state index in [1.54, 1.807) is 38.1 Å². The highest BCUT2D eigenvalue weighted by Gasteiger charge is 2.26. The van der Waals surface area contributed by atoms with Crippen LogP contribution in [0, 0.1) is 10.1 Å². The van der Waals surface area contributed by atoms with Gasteiger partial charge in [0.25, 0.3) is 11.6 Å². The van der Waals surface area contributed by atoms with E-state index in [0.717, 1.165) is 38.8 Å². The van der Waals surface area contributed by atoms with Crippen molar-refractivity contribution in [1.29, 1.82) is 0 Å². The molecule has 1 amide bonds. The van der Waals surface area contributed by atoms with Gasteiger partial charge in [-0.25, -0.2) is 8.42 Å². The van der Waals surface area contributed by atoms with Crippen LogP contribution in [0.4, 0.5) is 22.7 Å². The van der Waals surface area contributed by atoms with Crippen molar-refractivity contribution in [2.24, 2.45) is 0 Å². The van der Waals surface area contributed by atoms with Crippen molar-refractivity contribution in [2.45, 2.75) is 58.3 Å². The monoisotopic (exact) mass is 545 g/mol. The Hall–Kier alpha value is -3.18. The third-order valence-electron chi connectivity index (χ3n) is 7.04. The van der Waals surface area contributed by atoms with Crippen molar-refractivity contribution in [3.05, 3.63) is 52.1 Å². The van der Waals surface area contributed by atoms with Crippen LogP contribution in [0.25, 0.3) is 0 Å². The Kier molecular flexibility index (Phi) is 10.1. The summed E-state index contributed by atoms with van der Waals surface area (Å²) in [6.07, 6.45) is 4.14. The number of carbonyl (C=O) groups excluding carboxylic acids is 1. The van der Waals surface area contributed by atoms with E-state index < -0.39 is 20.9 Å². The summed E-state index contributed by atoms with van der Waals surface area (Å²) in [5, 5.41) is 14.8. The van der Waals surface area contributed by atoms with E-state index in [-0.39, 0.29) is 16.1 Å². The van der Waals surface area contributed by atoms with Gasteiger partial charge in [-0.15, -0.1) is 0 Å². The first-order valence-electron chi connectivity index (χ1n) is 13.4. The molecule has 11 heteroatoms. The standard InChI is InChI=1S/C27H39N5O5S/c1-5-29(6-2)24-16-14-22(38(36,37)31(7-3)8-4)20-23(24)28-27(33)21-13-15-25(26(19-21)32(34)35)30-17-11-9-10-12-18-30/h13-16,19-20H,5-12,17-18H2,1-4H3,(H,28,33). The van der Waals surface area contributed by atoms with E-state index in [9.17, 15) is 23.3 Å². The summed E-state index contributed by atoms with van der Waals surface area (Å²) in [6, 6.07) is 9.27. The zero-order valence-corrected chi connectivity index (χ0v) is 23.6. The van der Waals surface area contributed by atoms with Gasteiger partial charge >= 0.3 is 0 Å². The van der Waals surface area contributed by atoms with Crippen LogP contribution >= 0.6 is 0 Å². The van der Waals surface area contributed by atoms with E-state index in [0.29, 0.717) is 43.2 Å². The van der Waals surface area contributed by atoms with E-state index in [2.05, 4.69) is 5.32 Å². The van der Waals surface area contributed by atoms with Crippen LogP contribution in [0.5, 0.6) is 0 Å². The molecule has 0 aliphatic carbocycles. The molecular weight excluding hydrogens is 506 g/mol. The largest absolute Gasteiger partial charge is 0.370 e. The van der Waals surface area contributed by atoms with Gasteiger partial charge in [0.15, 0.2) is 0 Å². The molecule has 0 bridgehead atoms. The number of nitro benzene ring substituents is 1. The Morgan fingerprint density at radius 2 is 1.58 bits per heavy atom. The summed E-state index contributed by atoms with van der Waals surface area (Å²) in [6.45, 7) is 10.9. The first-order valence-corrected chi connectivity index (χ1v) is 14.9. The van der Waals surface area contributed by atoms with Crippen LogP contribution in [-0.4, -0.2) is 62.8 Å². The number of nitrogens with zero attached hydrogens (tertiary/aromatic N) is 4. The van der Waals surface area contributed by atoms with E-state index in [1.165, 1.54) is 16.4 Å². The van der Waals surface area contributed by atoms with Crippen LogP contribution in [0.1, 0.15) is 63.7 Å². The van der Waals surface area contributed by atoms with Crippen molar-refractivity contribution < 1.29 is 18.1 Å². The lowest BCUT2D eigenvalue weighted by Gasteiger charge is -2.26. The second-order valence-electron chi connectivity index (χ2n) is 9.26. The van der Waals surface area contributed by atoms with Crippen molar-refractivity contribution in [2.75, 3.05) is 54.4 Å². The van der Waals surface area contributed by atoms with Crippen LogP contribution < -0.4 is 15.1 Å². The van der Waals surface area contributed by atoms with Crippen LogP contribution in [-0.2, 0) is 10.0 Å². The number of benzene rings is 2. The second-order valence-corrected chi connectivity index (χ2v) is 11.2. The summed E-state index contributed by atoms with van der Waals surface area (Å²) in [5.41, 5.74) is 1.56. The van der Waals surface area contributed by atoms with Crippen molar-refractivity contribution in [1.82, 2.24) is 4.31 Å². The van der Waals surface area contributed by atoms with Gasteiger partial charge in [-0.05, 0) is 57.0 Å².